The highest BCUT2D eigenvalue weighted by Crippen LogP contribution is 2.26. The van der Waals surface area contributed by atoms with Gasteiger partial charge in [0, 0.05) is 0 Å². The van der Waals surface area contributed by atoms with Crippen LogP contribution in [0.1, 0.15) is 38.7 Å². The zero-order chi connectivity index (χ0) is 24.0. The molecular formula is C23H28N4O5S. The summed E-state index contributed by atoms with van der Waals surface area (Å²) < 4.78 is 0.953. The van der Waals surface area contributed by atoms with Gasteiger partial charge in [0.15, 0.2) is 0 Å². The van der Waals surface area contributed by atoms with Gasteiger partial charge < -0.3 is 4.98 Å². The highest BCUT2D eigenvalue weighted by molar-refractivity contribution is 7.17. The lowest BCUT2D eigenvalue weighted by Gasteiger charge is -2.26. The molecule has 0 spiro atoms. The number of aromatic amines is 1. The lowest BCUT2D eigenvalue weighted by atomic mass is 9.81. The molecule has 0 saturated carbocycles. The number of nitrogens with one attached hydrogen (secondary N) is 3. The van der Waals surface area contributed by atoms with E-state index in [4.69, 9.17) is 0 Å². The number of H-pyrrole nitrogens is 1. The SMILES string of the molecule is CC(C)CC(C(=O)Nn1c(=O)[nH]c2ccsc2c1=O)[C@@H](CCCc1ccccc1)C(=O)NO. The van der Waals surface area contributed by atoms with Crippen molar-refractivity contribution in [2.24, 2.45) is 17.8 Å². The van der Waals surface area contributed by atoms with Crippen molar-refractivity contribution >= 4 is 33.4 Å². The first-order valence-corrected chi connectivity index (χ1v) is 11.7. The quantitative estimate of drug-likeness (QED) is 0.266. The molecule has 0 aliphatic carbocycles. The van der Waals surface area contributed by atoms with E-state index in [2.05, 4.69) is 10.4 Å². The maximum absolute atomic E-state index is 13.2. The fourth-order valence-corrected chi connectivity index (χ4v) is 4.74. The number of carbonyl (C=O) groups is 2. The van der Waals surface area contributed by atoms with Crippen LogP contribution in [0.3, 0.4) is 0 Å². The molecule has 9 nitrogen and oxygen atoms in total. The third-order valence-electron chi connectivity index (χ3n) is 5.55. The van der Waals surface area contributed by atoms with E-state index >= 15 is 0 Å². The molecule has 176 valence electrons. The number of amides is 2. The van der Waals surface area contributed by atoms with Crippen LogP contribution in [0, 0.1) is 17.8 Å². The molecule has 2 atom stereocenters. The fourth-order valence-electron chi connectivity index (χ4n) is 3.96. The first-order valence-electron chi connectivity index (χ1n) is 10.8. The van der Waals surface area contributed by atoms with Gasteiger partial charge in [0.2, 0.25) is 11.8 Å². The second kappa shape index (κ2) is 11.1. The van der Waals surface area contributed by atoms with Gasteiger partial charge in [0.1, 0.15) is 4.70 Å². The number of nitrogens with zero attached hydrogens (tertiary/aromatic N) is 1. The van der Waals surface area contributed by atoms with Crippen LogP contribution < -0.4 is 22.2 Å². The fraction of sp³-hybridized carbons (Fsp3) is 0.391. The van der Waals surface area contributed by atoms with Gasteiger partial charge in [-0.2, -0.15) is 4.68 Å². The molecular weight excluding hydrogens is 444 g/mol. The number of rotatable bonds is 10. The van der Waals surface area contributed by atoms with Crippen molar-refractivity contribution in [1.29, 1.82) is 0 Å². The topological polar surface area (TPSA) is 133 Å². The maximum Gasteiger partial charge on any atom is 0.348 e. The number of benzene rings is 1. The van der Waals surface area contributed by atoms with Crippen LogP contribution in [0.4, 0.5) is 0 Å². The number of aryl methyl sites for hydroxylation is 1. The van der Waals surface area contributed by atoms with Gasteiger partial charge in [-0.25, -0.2) is 10.3 Å². The minimum absolute atomic E-state index is 0.0543. The summed E-state index contributed by atoms with van der Waals surface area (Å²) >= 11 is 1.15. The van der Waals surface area contributed by atoms with Crippen molar-refractivity contribution in [3.63, 3.8) is 0 Å². The van der Waals surface area contributed by atoms with Gasteiger partial charge in [-0.3, -0.25) is 25.0 Å². The minimum atomic E-state index is -0.849. The Bertz CT molecular complexity index is 1210. The van der Waals surface area contributed by atoms with E-state index in [1.807, 2.05) is 44.2 Å². The van der Waals surface area contributed by atoms with Crippen LogP contribution in [0.5, 0.6) is 0 Å². The second-order valence-corrected chi connectivity index (χ2v) is 9.32. The molecule has 1 unspecified atom stereocenters. The number of carbonyl (C=O) groups excluding carboxylic acids is 2. The van der Waals surface area contributed by atoms with Crippen LogP contribution >= 0.6 is 11.3 Å². The zero-order valence-corrected chi connectivity index (χ0v) is 19.4. The molecule has 4 N–H and O–H groups in total. The van der Waals surface area contributed by atoms with Crippen LogP contribution in [0.25, 0.3) is 10.2 Å². The summed E-state index contributed by atoms with van der Waals surface area (Å²) in [5.41, 5.74) is 4.18. The third kappa shape index (κ3) is 5.96. The van der Waals surface area contributed by atoms with E-state index < -0.39 is 34.9 Å². The number of fused-ring (bicyclic) bond motifs is 1. The number of thiophene rings is 1. The zero-order valence-electron chi connectivity index (χ0n) is 18.5. The summed E-state index contributed by atoms with van der Waals surface area (Å²) in [7, 11) is 0. The van der Waals surface area contributed by atoms with Gasteiger partial charge in [0.05, 0.1) is 17.4 Å². The molecule has 2 amide bonds. The normalized spacial score (nSPS) is 13.1. The summed E-state index contributed by atoms with van der Waals surface area (Å²) in [5.74, 6) is -2.92. The standard InChI is InChI=1S/C23H28N4O5S/c1-14(2)13-17(16(21(29)26-32)10-6-9-15-7-4-3-5-8-15)20(28)25-27-22(30)19-18(11-12-33-19)24-23(27)31/h3-5,7-8,11-12,14,16-17,32H,6,9-10,13H2,1-2H3,(H,24,31)(H,25,28)(H,26,29)/t16-,17?/m1/s1. The summed E-state index contributed by atoms with van der Waals surface area (Å²) in [6, 6.07) is 11.4. The molecule has 0 radical (unpaired) electrons. The lowest BCUT2D eigenvalue weighted by molar-refractivity contribution is -0.139. The van der Waals surface area contributed by atoms with Crippen molar-refractivity contribution in [2.45, 2.75) is 39.5 Å². The van der Waals surface area contributed by atoms with Crippen molar-refractivity contribution in [2.75, 3.05) is 5.43 Å². The molecule has 0 saturated heterocycles. The Kier molecular flexibility index (Phi) is 8.18. The minimum Gasteiger partial charge on any atom is -0.304 e. The molecule has 1 aromatic carbocycles. The monoisotopic (exact) mass is 472 g/mol. The predicted molar refractivity (Wildman–Crippen MR) is 127 cm³/mol. The summed E-state index contributed by atoms with van der Waals surface area (Å²) in [5, 5.41) is 11.0. The molecule has 2 heterocycles. The second-order valence-electron chi connectivity index (χ2n) is 8.41. The van der Waals surface area contributed by atoms with Crippen molar-refractivity contribution < 1.29 is 14.8 Å². The third-order valence-corrected chi connectivity index (χ3v) is 6.45. The van der Waals surface area contributed by atoms with Crippen LogP contribution in [-0.2, 0) is 16.0 Å². The maximum atomic E-state index is 13.2. The molecule has 2 aromatic heterocycles. The predicted octanol–water partition coefficient (Wildman–Crippen LogP) is 2.63. The number of hydrogen-bond donors (Lipinski definition) is 4. The molecule has 0 fully saturated rings. The molecule has 10 heteroatoms. The average molecular weight is 473 g/mol. The summed E-state index contributed by atoms with van der Waals surface area (Å²) in [4.78, 5) is 53.4. The van der Waals surface area contributed by atoms with Crippen molar-refractivity contribution in [3.8, 4) is 0 Å². The van der Waals surface area contributed by atoms with Crippen LogP contribution in [0.2, 0.25) is 0 Å². The Balaban J connectivity index is 1.84. The van der Waals surface area contributed by atoms with Gasteiger partial charge in [-0.15, -0.1) is 11.3 Å². The van der Waals surface area contributed by atoms with Crippen LogP contribution in [-0.4, -0.2) is 26.7 Å². The first kappa shape index (κ1) is 24.4. The van der Waals surface area contributed by atoms with Gasteiger partial charge >= 0.3 is 5.69 Å². The first-order chi connectivity index (χ1) is 15.8. The van der Waals surface area contributed by atoms with Gasteiger partial charge in [-0.1, -0.05) is 44.2 Å². The summed E-state index contributed by atoms with van der Waals surface area (Å²) in [6.45, 7) is 3.82. The Hall–Kier alpha value is -3.24. The van der Waals surface area contributed by atoms with E-state index in [1.165, 1.54) is 0 Å². The Morgan fingerprint density at radius 1 is 1.09 bits per heavy atom. The van der Waals surface area contributed by atoms with Crippen LogP contribution in [0.15, 0.2) is 51.4 Å². The molecule has 0 bridgehead atoms. The average Bonchev–Trinajstić information content (AvgIpc) is 3.26. The largest absolute Gasteiger partial charge is 0.348 e. The Morgan fingerprint density at radius 3 is 2.48 bits per heavy atom. The van der Waals surface area contributed by atoms with E-state index in [0.29, 0.717) is 40.6 Å². The summed E-state index contributed by atoms with van der Waals surface area (Å²) in [6.07, 6.45) is 2.01. The lowest BCUT2D eigenvalue weighted by Crippen LogP contribution is -2.48. The molecule has 3 rings (SSSR count). The van der Waals surface area contributed by atoms with E-state index in [0.717, 1.165) is 16.9 Å². The molecule has 33 heavy (non-hydrogen) atoms. The smallest absolute Gasteiger partial charge is 0.304 e. The van der Waals surface area contributed by atoms with Gasteiger partial charge in [0.25, 0.3) is 5.56 Å². The number of hydrogen-bond acceptors (Lipinski definition) is 6. The molecule has 0 aliphatic rings. The van der Waals surface area contributed by atoms with Crippen molar-refractivity contribution in [3.05, 3.63) is 68.2 Å². The van der Waals surface area contributed by atoms with E-state index in [-0.39, 0.29) is 5.92 Å². The Labute approximate surface area is 194 Å². The molecule has 0 aliphatic heterocycles. The van der Waals surface area contributed by atoms with Gasteiger partial charge in [-0.05, 0) is 48.6 Å². The van der Waals surface area contributed by atoms with E-state index in [1.54, 1.807) is 16.9 Å². The highest BCUT2D eigenvalue weighted by Gasteiger charge is 2.34. The van der Waals surface area contributed by atoms with Crippen molar-refractivity contribution in [1.82, 2.24) is 15.1 Å². The number of hydroxylamine groups is 1. The van der Waals surface area contributed by atoms with E-state index in [9.17, 15) is 24.4 Å². The number of aromatic nitrogens is 2. The Morgan fingerprint density at radius 2 is 1.82 bits per heavy atom. The molecule has 3 aromatic rings. The highest BCUT2D eigenvalue weighted by atomic mass is 32.1.